The zero-order valence-corrected chi connectivity index (χ0v) is 20.2. The number of rotatable bonds is 8. The molecule has 2 aromatic carbocycles. The monoisotopic (exact) mass is 518 g/mol. The normalized spacial score (nSPS) is 20.3. The van der Waals surface area contributed by atoms with Crippen LogP contribution in [-0.4, -0.2) is 42.2 Å². The Hall–Kier alpha value is -3.01. The molecule has 1 amide bonds. The Morgan fingerprint density at radius 1 is 1.20 bits per heavy atom. The largest absolute Gasteiger partial charge is 0.480 e. The summed E-state index contributed by atoms with van der Waals surface area (Å²) in [5.74, 6) is -2.17. The molecule has 0 aromatic heterocycles. The van der Waals surface area contributed by atoms with Crippen LogP contribution in [0.3, 0.4) is 0 Å². The molecule has 0 bridgehead atoms. The maximum atomic E-state index is 13.4. The highest BCUT2D eigenvalue weighted by atomic mass is 35.5. The van der Waals surface area contributed by atoms with Gasteiger partial charge in [0.25, 0.3) is 0 Å². The van der Waals surface area contributed by atoms with Crippen molar-refractivity contribution in [2.24, 2.45) is 0 Å². The molecule has 2 N–H and O–H groups in total. The zero-order chi connectivity index (χ0) is 25.2. The van der Waals surface area contributed by atoms with Crippen molar-refractivity contribution in [1.82, 2.24) is 4.72 Å². The number of carboxylic acids is 1. The number of amides is 1. The SMILES string of the molecule is O=C(O)C(CCC(=O)N1CCc2cc(F)ccc21)NS(=O)(=O)C1(Cl)C=CC(c2ccccc2)=CC1. The molecule has 0 spiro atoms. The van der Waals surface area contributed by atoms with Gasteiger partial charge in [0.15, 0.2) is 4.21 Å². The van der Waals surface area contributed by atoms with Crippen molar-refractivity contribution in [1.29, 1.82) is 0 Å². The van der Waals surface area contributed by atoms with E-state index in [0.717, 1.165) is 11.1 Å². The van der Waals surface area contributed by atoms with E-state index in [4.69, 9.17) is 11.6 Å². The molecule has 1 heterocycles. The van der Waals surface area contributed by atoms with Crippen LogP contribution in [0.25, 0.3) is 5.57 Å². The number of carbonyl (C=O) groups is 2. The summed E-state index contributed by atoms with van der Waals surface area (Å²) in [7, 11) is -4.32. The van der Waals surface area contributed by atoms with E-state index in [1.54, 1.807) is 12.2 Å². The predicted molar refractivity (Wildman–Crippen MR) is 132 cm³/mol. The molecule has 0 fully saturated rings. The number of nitrogens with one attached hydrogen (secondary N) is 1. The summed E-state index contributed by atoms with van der Waals surface area (Å²) >= 11 is 6.42. The molecule has 7 nitrogen and oxygen atoms in total. The van der Waals surface area contributed by atoms with Crippen molar-refractivity contribution in [3.63, 3.8) is 0 Å². The van der Waals surface area contributed by atoms with Gasteiger partial charge in [-0.3, -0.25) is 9.59 Å². The van der Waals surface area contributed by atoms with Gasteiger partial charge in [0.1, 0.15) is 11.9 Å². The highest BCUT2D eigenvalue weighted by molar-refractivity contribution is 7.92. The number of hydrogen-bond donors (Lipinski definition) is 2. The fraction of sp³-hybridized carbons (Fsp3) is 0.280. The first kappa shape index (κ1) is 25.1. The number of hydrogen-bond acceptors (Lipinski definition) is 4. The third-order valence-corrected chi connectivity index (χ3v) is 8.83. The lowest BCUT2D eigenvalue weighted by Gasteiger charge is -2.28. The van der Waals surface area contributed by atoms with Gasteiger partial charge in [-0.25, -0.2) is 12.8 Å². The Morgan fingerprint density at radius 2 is 1.94 bits per heavy atom. The van der Waals surface area contributed by atoms with Crippen LogP contribution in [0.15, 0.2) is 66.8 Å². The molecule has 184 valence electrons. The minimum atomic E-state index is -4.32. The Morgan fingerprint density at radius 3 is 2.60 bits per heavy atom. The molecule has 1 aliphatic carbocycles. The van der Waals surface area contributed by atoms with Gasteiger partial charge < -0.3 is 10.0 Å². The molecule has 1 aliphatic heterocycles. The first-order valence-corrected chi connectivity index (χ1v) is 12.9. The molecule has 10 heteroatoms. The quantitative estimate of drug-likeness (QED) is 0.517. The second-order valence-corrected chi connectivity index (χ2v) is 11.3. The fourth-order valence-electron chi connectivity index (χ4n) is 4.19. The number of benzene rings is 2. The number of nitrogens with zero attached hydrogens (tertiary/aromatic N) is 1. The van der Waals surface area contributed by atoms with Crippen LogP contribution in [0.2, 0.25) is 0 Å². The van der Waals surface area contributed by atoms with Gasteiger partial charge in [0.05, 0.1) is 0 Å². The van der Waals surface area contributed by atoms with Crippen LogP contribution in [0.1, 0.15) is 30.4 Å². The van der Waals surface area contributed by atoms with E-state index in [2.05, 4.69) is 4.72 Å². The van der Waals surface area contributed by atoms with Crippen molar-refractivity contribution < 1.29 is 27.5 Å². The minimum Gasteiger partial charge on any atom is -0.480 e. The van der Waals surface area contributed by atoms with Crippen LogP contribution >= 0.6 is 11.6 Å². The fourth-order valence-corrected chi connectivity index (χ4v) is 5.81. The van der Waals surface area contributed by atoms with E-state index in [1.165, 1.54) is 29.2 Å². The summed E-state index contributed by atoms with van der Waals surface area (Å²) < 4.78 is 39.8. The van der Waals surface area contributed by atoms with E-state index in [9.17, 15) is 27.5 Å². The Bertz CT molecular complexity index is 1310. The van der Waals surface area contributed by atoms with Gasteiger partial charge >= 0.3 is 5.97 Å². The van der Waals surface area contributed by atoms with Crippen molar-refractivity contribution in [3.05, 3.63) is 83.7 Å². The number of alkyl halides is 1. The number of halogens is 2. The van der Waals surface area contributed by atoms with Gasteiger partial charge in [0.2, 0.25) is 15.9 Å². The average molecular weight is 519 g/mol. The predicted octanol–water partition coefficient (Wildman–Crippen LogP) is 3.85. The molecule has 2 aromatic rings. The summed E-state index contributed by atoms with van der Waals surface area (Å²) in [6.07, 6.45) is 4.59. The summed E-state index contributed by atoms with van der Waals surface area (Å²) in [6, 6.07) is 12.0. The van der Waals surface area contributed by atoms with E-state index < -0.39 is 32.1 Å². The number of carbonyl (C=O) groups excluding carboxylic acids is 1. The Kier molecular flexibility index (Phi) is 7.12. The molecule has 2 unspecified atom stereocenters. The van der Waals surface area contributed by atoms with Gasteiger partial charge in [-0.15, -0.1) is 0 Å². The molecular weight excluding hydrogens is 495 g/mol. The van der Waals surface area contributed by atoms with Crippen LogP contribution in [0.5, 0.6) is 0 Å². The minimum absolute atomic E-state index is 0.0585. The lowest BCUT2D eigenvalue weighted by atomic mass is 9.99. The van der Waals surface area contributed by atoms with Gasteiger partial charge in [0, 0.05) is 25.1 Å². The number of anilines is 1. The highest BCUT2D eigenvalue weighted by Gasteiger charge is 2.42. The number of fused-ring (bicyclic) bond motifs is 1. The molecule has 2 atom stereocenters. The second kappa shape index (κ2) is 9.93. The van der Waals surface area contributed by atoms with Crippen molar-refractivity contribution in [3.8, 4) is 0 Å². The highest BCUT2D eigenvalue weighted by Crippen LogP contribution is 2.36. The van der Waals surface area contributed by atoms with Crippen molar-refractivity contribution in [2.45, 2.75) is 35.9 Å². The maximum Gasteiger partial charge on any atom is 0.321 e. The molecular formula is C25H24ClFN2O5S. The number of allylic oxidation sites excluding steroid dienone is 3. The van der Waals surface area contributed by atoms with Gasteiger partial charge in [-0.1, -0.05) is 54.1 Å². The third kappa shape index (κ3) is 5.32. The summed E-state index contributed by atoms with van der Waals surface area (Å²) in [5.41, 5.74) is 2.99. The van der Waals surface area contributed by atoms with E-state index in [1.807, 2.05) is 30.3 Å². The molecule has 0 saturated carbocycles. The molecule has 0 radical (unpaired) electrons. The molecule has 4 rings (SSSR count). The molecule has 2 aliphatic rings. The smallest absolute Gasteiger partial charge is 0.321 e. The van der Waals surface area contributed by atoms with Crippen molar-refractivity contribution >= 4 is 44.8 Å². The number of sulfonamides is 1. The standard InChI is InChI=1S/C25H24ClFN2O5S/c26-25(13-10-18(11-14-25)17-4-2-1-3-5-17)35(33,34)28-21(24(31)32)7-9-23(30)29-15-12-19-16-20(27)6-8-22(19)29/h1-6,8,10-11,13,16,21,28H,7,9,12,14-15H2,(H,31,32). The summed E-state index contributed by atoms with van der Waals surface area (Å²) in [6.45, 7) is 0.354. The van der Waals surface area contributed by atoms with Crippen LogP contribution in [-0.2, 0) is 26.0 Å². The lowest BCUT2D eigenvalue weighted by molar-refractivity contribution is -0.139. The zero-order valence-electron chi connectivity index (χ0n) is 18.7. The summed E-state index contributed by atoms with van der Waals surface area (Å²) in [4.78, 5) is 26.0. The van der Waals surface area contributed by atoms with E-state index in [0.29, 0.717) is 24.2 Å². The Labute approximate surface area is 207 Å². The topological polar surface area (TPSA) is 104 Å². The molecule has 0 saturated heterocycles. The van der Waals surface area contributed by atoms with Crippen LogP contribution < -0.4 is 9.62 Å². The van der Waals surface area contributed by atoms with Crippen LogP contribution in [0, 0.1) is 5.82 Å². The maximum absolute atomic E-state index is 13.4. The van der Waals surface area contributed by atoms with E-state index in [-0.39, 0.29) is 25.2 Å². The third-order valence-electron chi connectivity index (χ3n) is 6.15. The van der Waals surface area contributed by atoms with E-state index >= 15 is 0 Å². The average Bonchev–Trinajstić information content (AvgIpc) is 3.25. The first-order valence-electron chi connectivity index (χ1n) is 11.1. The summed E-state index contributed by atoms with van der Waals surface area (Å²) in [5, 5.41) is 9.61. The van der Waals surface area contributed by atoms with Gasteiger partial charge in [-0.2, -0.15) is 4.72 Å². The Balaban J connectivity index is 1.41. The van der Waals surface area contributed by atoms with Crippen LogP contribution in [0.4, 0.5) is 10.1 Å². The van der Waals surface area contributed by atoms with Crippen molar-refractivity contribution in [2.75, 3.05) is 11.4 Å². The first-order chi connectivity index (χ1) is 16.6. The van der Waals surface area contributed by atoms with Gasteiger partial charge in [-0.05, 0) is 53.8 Å². The number of aliphatic carboxylic acids is 1. The number of carboxylic acid groups (broad SMARTS) is 1. The molecule has 35 heavy (non-hydrogen) atoms. The lowest BCUT2D eigenvalue weighted by Crippen LogP contribution is -2.49. The second-order valence-electron chi connectivity index (χ2n) is 8.47.